The van der Waals surface area contributed by atoms with Crippen molar-refractivity contribution in [1.29, 1.82) is 0 Å². The number of nitrogens with zero attached hydrogens (tertiary/aromatic N) is 2. The number of guanidine groups is 1. The van der Waals surface area contributed by atoms with Crippen molar-refractivity contribution in [2.45, 2.75) is 71.5 Å². The van der Waals surface area contributed by atoms with Crippen LogP contribution in [0.15, 0.2) is 4.99 Å². The van der Waals surface area contributed by atoms with Crippen LogP contribution in [0.1, 0.15) is 53.4 Å². The zero-order valence-electron chi connectivity index (χ0n) is 16.1. The quantitative estimate of drug-likeness (QED) is 0.391. The van der Waals surface area contributed by atoms with E-state index in [1.165, 1.54) is 25.7 Å². The van der Waals surface area contributed by atoms with Crippen LogP contribution in [0.5, 0.6) is 0 Å². The number of rotatable bonds is 4. The largest absolute Gasteiger partial charge is 0.379 e. The number of morpholine rings is 1. The summed E-state index contributed by atoms with van der Waals surface area (Å²) < 4.78 is 5.53. The van der Waals surface area contributed by atoms with Gasteiger partial charge in [0.1, 0.15) is 0 Å². The van der Waals surface area contributed by atoms with E-state index >= 15 is 0 Å². The molecule has 2 N–H and O–H groups in total. The first kappa shape index (κ1) is 22.0. The zero-order chi connectivity index (χ0) is 16.9. The Hall–Kier alpha value is -0.0800. The second-order valence-corrected chi connectivity index (χ2v) is 8.05. The van der Waals surface area contributed by atoms with Crippen molar-refractivity contribution in [3.05, 3.63) is 0 Å². The maximum Gasteiger partial charge on any atom is 0.191 e. The summed E-state index contributed by atoms with van der Waals surface area (Å²) in [4.78, 5) is 6.93. The van der Waals surface area contributed by atoms with Gasteiger partial charge in [-0.25, -0.2) is 0 Å². The first-order chi connectivity index (χ1) is 10.9. The van der Waals surface area contributed by atoms with Gasteiger partial charge in [-0.3, -0.25) is 9.89 Å². The van der Waals surface area contributed by atoms with Crippen LogP contribution in [0.3, 0.4) is 0 Å². The molecule has 1 aliphatic heterocycles. The van der Waals surface area contributed by atoms with Crippen LogP contribution in [0.2, 0.25) is 0 Å². The number of ether oxygens (including phenoxy) is 1. The monoisotopic (exact) mass is 452 g/mol. The molecule has 24 heavy (non-hydrogen) atoms. The van der Waals surface area contributed by atoms with E-state index in [9.17, 15) is 0 Å². The molecule has 0 aromatic heterocycles. The Kier molecular flexibility index (Phi) is 9.30. The average Bonchev–Trinajstić information content (AvgIpc) is 2.53. The molecular weight excluding hydrogens is 415 g/mol. The molecule has 1 saturated carbocycles. The normalized spacial score (nSPS) is 27.2. The highest BCUT2D eigenvalue weighted by Crippen LogP contribution is 2.34. The Labute approximate surface area is 165 Å². The lowest BCUT2D eigenvalue weighted by molar-refractivity contribution is -0.0174. The summed E-state index contributed by atoms with van der Waals surface area (Å²) in [6.07, 6.45) is 5.07. The minimum absolute atomic E-state index is 0. The molecule has 0 bridgehead atoms. The Morgan fingerprint density at radius 1 is 1.33 bits per heavy atom. The molecule has 0 aromatic carbocycles. The second kappa shape index (κ2) is 10.2. The van der Waals surface area contributed by atoms with Gasteiger partial charge in [-0.15, -0.1) is 24.0 Å². The van der Waals surface area contributed by atoms with Gasteiger partial charge in [0.25, 0.3) is 0 Å². The van der Waals surface area contributed by atoms with Crippen molar-refractivity contribution >= 4 is 29.9 Å². The summed E-state index contributed by atoms with van der Waals surface area (Å²) in [6, 6.07) is 1.54. The summed E-state index contributed by atoms with van der Waals surface area (Å²) in [5.41, 5.74) is 0.510. The molecule has 5 nitrogen and oxygen atoms in total. The minimum Gasteiger partial charge on any atom is -0.379 e. The van der Waals surface area contributed by atoms with Crippen molar-refractivity contribution < 1.29 is 4.74 Å². The Morgan fingerprint density at radius 2 is 2.00 bits per heavy atom. The zero-order valence-corrected chi connectivity index (χ0v) is 18.4. The molecule has 2 atom stereocenters. The number of hydrogen-bond acceptors (Lipinski definition) is 3. The van der Waals surface area contributed by atoms with Gasteiger partial charge in [-0.1, -0.05) is 13.8 Å². The molecule has 6 heteroatoms. The molecule has 1 aliphatic carbocycles. The van der Waals surface area contributed by atoms with Gasteiger partial charge >= 0.3 is 0 Å². The molecule has 0 aromatic rings. The second-order valence-electron chi connectivity index (χ2n) is 8.05. The predicted molar refractivity (Wildman–Crippen MR) is 112 cm³/mol. The van der Waals surface area contributed by atoms with E-state index in [4.69, 9.17) is 4.74 Å². The number of nitrogens with one attached hydrogen (secondary N) is 2. The molecule has 2 unspecified atom stereocenters. The van der Waals surface area contributed by atoms with Gasteiger partial charge in [-0.05, 0) is 44.9 Å². The van der Waals surface area contributed by atoms with Crippen molar-refractivity contribution in [2.24, 2.45) is 10.4 Å². The molecule has 0 amide bonds. The Balaban J connectivity index is 0.00000288. The molecule has 2 rings (SSSR count). The first-order valence-corrected chi connectivity index (χ1v) is 9.22. The van der Waals surface area contributed by atoms with Crippen molar-refractivity contribution in [3.8, 4) is 0 Å². The fourth-order valence-corrected chi connectivity index (χ4v) is 3.69. The molecule has 142 valence electrons. The topological polar surface area (TPSA) is 48.9 Å². The van der Waals surface area contributed by atoms with Gasteiger partial charge in [0.05, 0.1) is 13.2 Å². The van der Waals surface area contributed by atoms with Crippen molar-refractivity contribution in [3.63, 3.8) is 0 Å². The third-order valence-corrected chi connectivity index (χ3v) is 5.45. The van der Waals surface area contributed by atoms with Gasteiger partial charge in [-0.2, -0.15) is 0 Å². The molecule has 0 radical (unpaired) electrons. The van der Waals surface area contributed by atoms with E-state index in [1.54, 1.807) is 0 Å². The lowest BCUT2D eigenvalue weighted by Gasteiger charge is -2.38. The van der Waals surface area contributed by atoms with Crippen molar-refractivity contribution in [2.75, 3.05) is 33.4 Å². The van der Waals surface area contributed by atoms with Gasteiger partial charge in [0.15, 0.2) is 5.96 Å². The Morgan fingerprint density at radius 3 is 2.58 bits per heavy atom. The molecule has 1 saturated heterocycles. The maximum atomic E-state index is 5.53. The number of aliphatic imine (C=N–C) groups is 1. The van der Waals surface area contributed by atoms with E-state index < -0.39 is 0 Å². The van der Waals surface area contributed by atoms with Crippen LogP contribution in [0, 0.1) is 5.41 Å². The standard InChI is InChI=1S/C18H36N4O.HI/c1-14(22-10-11-23-13-15(22)2)12-20-17(19-5)21-16-6-8-18(3,4)9-7-16;/h14-16H,6-13H2,1-5H3,(H2,19,20,21);1H. The summed E-state index contributed by atoms with van der Waals surface area (Å²) in [7, 11) is 1.87. The van der Waals surface area contributed by atoms with Crippen LogP contribution in [-0.4, -0.2) is 62.3 Å². The molecule has 2 fully saturated rings. The lowest BCUT2D eigenvalue weighted by Crippen LogP contribution is -2.54. The fourth-order valence-electron chi connectivity index (χ4n) is 3.69. The van der Waals surface area contributed by atoms with E-state index in [0.29, 0.717) is 23.5 Å². The maximum absolute atomic E-state index is 5.53. The summed E-state index contributed by atoms with van der Waals surface area (Å²) in [6.45, 7) is 12.9. The van der Waals surface area contributed by atoms with Gasteiger partial charge in [0, 0.05) is 38.3 Å². The smallest absolute Gasteiger partial charge is 0.191 e. The fraction of sp³-hybridized carbons (Fsp3) is 0.944. The van der Waals surface area contributed by atoms with E-state index in [2.05, 4.69) is 48.2 Å². The van der Waals surface area contributed by atoms with Crippen LogP contribution < -0.4 is 10.6 Å². The third-order valence-electron chi connectivity index (χ3n) is 5.45. The van der Waals surface area contributed by atoms with E-state index in [0.717, 1.165) is 32.3 Å². The van der Waals surface area contributed by atoms with E-state index in [1.807, 2.05) is 7.05 Å². The van der Waals surface area contributed by atoms with Crippen LogP contribution in [0.25, 0.3) is 0 Å². The number of halogens is 1. The molecule has 0 spiro atoms. The average molecular weight is 452 g/mol. The highest BCUT2D eigenvalue weighted by Gasteiger charge is 2.27. The van der Waals surface area contributed by atoms with Crippen LogP contribution in [-0.2, 0) is 4.74 Å². The SMILES string of the molecule is CN=C(NCC(C)N1CCOCC1C)NC1CCC(C)(C)CC1.I. The Bertz CT molecular complexity index is 392. The summed E-state index contributed by atoms with van der Waals surface area (Å²) >= 11 is 0. The third kappa shape index (κ3) is 6.67. The highest BCUT2D eigenvalue weighted by atomic mass is 127. The first-order valence-electron chi connectivity index (χ1n) is 9.22. The summed E-state index contributed by atoms with van der Waals surface area (Å²) in [5.74, 6) is 0.947. The van der Waals surface area contributed by atoms with Crippen LogP contribution >= 0.6 is 24.0 Å². The predicted octanol–water partition coefficient (Wildman–Crippen LogP) is 2.85. The van der Waals surface area contributed by atoms with Gasteiger partial charge < -0.3 is 15.4 Å². The lowest BCUT2D eigenvalue weighted by atomic mass is 9.75. The molecule has 1 heterocycles. The minimum atomic E-state index is 0. The van der Waals surface area contributed by atoms with Crippen LogP contribution in [0.4, 0.5) is 0 Å². The number of hydrogen-bond donors (Lipinski definition) is 2. The van der Waals surface area contributed by atoms with Gasteiger partial charge in [0.2, 0.25) is 0 Å². The molecule has 2 aliphatic rings. The van der Waals surface area contributed by atoms with Crippen molar-refractivity contribution in [1.82, 2.24) is 15.5 Å². The highest BCUT2D eigenvalue weighted by molar-refractivity contribution is 14.0. The summed E-state index contributed by atoms with van der Waals surface area (Å²) in [5, 5.41) is 7.12. The molecular formula is C18H37IN4O. The van der Waals surface area contributed by atoms with E-state index in [-0.39, 0.29) is 24.0 Å².